The van der Waals surface area contributed by atoms with Gasteiger partial charge in [-0.25, -0.2) is 9.97 Å². The minimum atomic E-state index is -0.822. The monoisotopic (exact) mass is 383 g/mol. The number of benzene rings is 1. The van der Waals surface area contributed by atoms with Gasteiger partial charge in [0.15, 0.2) is 5.65 Å². The van der Waals surface area contributed by atoms with Gasteiger partial charge in [0.2, 0.25) is 17.8 Å². The zero-order chi connectivity index (χ0) is 20.1. The molecule has 0 fully saturated rings. The number of methoxy groups -OCH3 is 1. The first-order valence-corrected chi connectivity index (χ1v) is 8.69. The normalized spacial score (nSPS) is 11.9. The number of nitrogens with one attached hydrogen (secondary N) is 1. The van der Waals surface area contributed by atoms with Crippen LogP contribution in [-0.4, -0.2) is 45.2 Å². The van der Waals surface area contributed by atoms with Crippen LogP contribution in [0.3, 0.4) is 0 Å². The molecule has 0 radical (unpaired) electrons. The van der Waals surface area contributed by atoms with Gasteiger partial charge in [0.25, 0.3) is 0 Å². The minimum absolute atomic E-state index is 0.0870. The average molecular weight is 383 g/mol. The molecule has 4 N–H and O–H groups in total. The number of pyridine rings is 1. The van der Waals surface area contributed by atoms with E-state index in [0.717, 1.165) is 5.56 Å². The summed E-state index contributed by atoms with van der Waals surface area (Å²) in [4.78, 5) is 33.0. The number of fused-ring (bicyclic) bond motifs is 1. The number of imidazole rings is 1. The number of hydrogen-bond acceptors (Lipinski definition) is 6. The molecule has 2 amide bonds. The lowest BCUT2D eigenvalue weighted by molar-refractivity contribution is -0.121. The molecule has 0 saturated carbocycles. The second-order valence-corrected chi connectivity index (χ2v) is 6.14. The summed E-state index contributed by atoms with van der Waals surface area (Å²) in [6, 6.07) is 9.88. The number of aliphatic hydroxyl groups is 1. The highest BCUT2D eigenvalue weighted by molar-refractivity contribution is 5.92. The van der Waals surface area contributed by atoms with Crippen LogP contribution < -0.4 is 15.8 Å². The zero-order valence-corrected chi connectivity index (χ0v) is 15.3. The fraction of sp³-hybridized carbons (Fsp3) is 0.263. The Bertz CT molecular complexity index is 984. The minimum Gasteiger partial charge on any atom is -0.497 e. The molecule has 146 valence electrons. The molecule has 9 heteroatoms. The number of nitrogens with two attached hydrogens (primary N) is 1. The molecule has 0 aliphatic rings. The molecule has 1 unspecified atom stereocenters. The van der Waals surface area contributed by atoms with E-state index in [0.29, 0.717) is 16.9 Å². The third kappa shape index (κ3) is 4.09. The van der Waals surface area contributed by atoms with E-state index < -0.39 is 17.9 Å². The zero-order valence-electron chi connectivity index (χ0n) is 15.3. The highest BCUT2D eigenvalue weighted by atomic mass is 16.5. The van der Waals surface area contributed by atoms with Crippen molar-refractivity contribution in [2.24, 2.45) is 5.73 Å². The van der Waals surface area contributed by atoms with Crippen LogP contribution in [0.4, 0.5) is 5.95 Å². The molecule has 1 atom stereocenters. The second-order valence-electron chi connectivity index (χ2n) is 6.14. The molecule has 2 heterocycles. The molecule has 3 aromatic rings. The van der Waals surface area contributed by atoms with Crippen molar-refractivity contribution < 1.29 is 19.4 Å². The first kappa shape index (κ1) is 19.3. The van der Waals surface area contributed by atoms with Crippen molar-refractivity contribution in [3.05, 3.63) is 48.2 Å². The molecule has 0 saturated heterocycles. The summed E-state index contributed by atoms with van der Waals surface area (Å²) in [5.74, 6) is -0.152. The highest BCUT2D eigenvalue weighted by Crippen LogP contribution is 2.26. The molecule has 0 spiro atoms. The number of primary amides is 1. The average Bonchev–Trinajstić information content (AvgIpc) is 3.04. The second kappa shape index (κ2) is 8.49. The maximum Gasteiger partial charge on any atom is 0.241 e. The fourth-order valence-electron chi connectivity index (χ4n) is 2.91. The molecule has 0 aliphatic heterocycles. The smallest absolute Gasteiger partial charge is 0.241 e. The summed E-state index contributed by atoms with van der Waals surface area (Å²) in [6.07, 6.45) is 1.77. The number of nitrogens with zero attached hydrogens (tertiary/aromatic N) is 3. The van der Waals surface area contributed by atoms with E-state index in [1.807, 2.05) is 12.1 Å². The van der Waals surface area contributed by atoms with Gasteiger partial charge in [-0.3, -0.25) is 19.5 Å². The van der Waals surface area contributed by atoms with Crippen LogP contribution in [0.5, 0.6) is 5.75 Å². The Morgan fingerprint density at radius 3 is 2.68 bits per heavy atom. The lowest BCUT2D eigenvalue weighted by atomic mass is 10.0. The van der Waals surface area contributed by atoms with Gasteiger partial charge < -0.3 is 15.6 Å². The Morgan fingerprint density at radius 2 is 2.04 bits per heavy atom. The summed E-state index contributed by atoms with van der Waals surface area (Å²) in [6.45, 7) is -0.296. The van der Waals surface area contributed by atoms with Crippen LogP contribution in [0.2, 0.25) is 0 Å². The van der Waals surface area contributed by atoms with Gasteiger partial charge in [0, 0.05) is 12.6 Å². The van der Waals surface area contributed by atoms with Gasteiger partial charge in [0.05, 0.1) is 20.1 Å². The number of aliphatic hydroxyl groups excluding tert-OH is 1. The molecule has 0 bridgehead atoms. The van der Waals surface area contributed by atoms with Crippen molar-refractivity contribution >= 4 is 28.9 Å². The summed E-state index contributed by atoms with van der Waals surface area (Å²) in [5, 5.41) is 11.6. The van der Waals surface area contributed by atoms with Crippen LogP contribution in [0.1, 0.15) is 18.0 Å². The van der Waals surface area contributed by atoms with Crippen LogP contribution in [-0.2, 0) is 16.0 Å². The molecule has 2 aromatic heterocycles. The SMILES string of the molecule is COc1ccc(CC(C(N)=O)n2c(NC(=O)CCO)nc3cccnc32)cc1. The molecular weight excluding hydrogens is 362 g/mol. The summed E-state index contributed by atoms with van der Waals surface area (Å²) >= 11 is 0. The number of ether oxygens (including phenoxy) is 1. The van der Waals surface area contributed by atoms with E-state index in [-0.39, 0.29) is 25.4 Å². The largest absolute Gasteiger partial charge is 0.497 e. The summed E-state index contributed by atoms with van der Waals surface area (Å²) < 4.78 is 6.68. The molecule has 9 nitrogen and oxygen atoms in total. The number of aromatic nitrogens is 3. The van der Waals surface area contributed by atoms with Crippen molar-refractivity contribution in [2.45, 2.75) is 18.9 Å². The van der Waals surface area contributed by atoms with E-state index in [4.69, 9.17) is 15.6 Å². The van der Waals surface area contributed by atoms with Crippen LogP contribution >= 0.6 is 0 Å². The van der Waals surface area contributed by atoms with Crippen molar-refractivity contribution in [3.63, 3.8) is 0 Å². The van der Waals surface area contributed by atoms with E-state index in [1.165, 1.54) is 4.57 Å². The number of rotatable bonds is 8. The van der Waals surface area contributed by atoms with Crippen LogP contribution in [0.25, 0.3) is 11.2 Å². The molecule has 28 heavy (non-hydrogen) atoms. The number of carbonyl (C=O) groups is 2. The fourth-order valence-corrected chi connectivity index (χ4v) is 2.91. The van der Waals surface area contributed by atoms with Gasteiger partial charge in [-0.15, -0.1) is 0 Å². The van der Waals surface area contributed by atoms with E-state index >= 15 is 0 Å². The Kier molecular flexibility index (Phi) is 5.85. The predicted octanol–water partition coefficient (Wildman–Crippen LogP) is 1.03. The highest BCUT2D eigenvalue weighted by Gasteiger charge is 2.26. The van der Waals surface area contributed by atoms with Gasteiger partial charge in [-0.1, -0.05) is 12.1 Å². The number of carbonyl (C=O) groups excluding carboxylic acids is 2. The third-order valence-electron chi connectivity index (χ3n) is 4.27. The van der Waals surface area contributed by atoms with Crippen molar-refractivity contribution in [1.29, 1.82) is 0 Å². The third-order valence-corrected chi connectivity index (χ3v) is 4.27. The summed E-state index contributed by atoms with van der Waals surface area (Å²) in [7, 11) is 1.58. The lowest BCUT2D eigenvalue weighted by Gasteiger charge is -2.19. The molecule has 3 rings (SSSR count). The van der Waals surface area contributed by atoms with E-state index in [2.05, 4.69) is 15.3 Å². The topological polar surface area (TPSA) is 132 Å². The maximum absolute atomic E-state index is 12.3. The number of hydrogen-bond donors (Lipinski definition) is 3. The quantitative estimate of drug-likeness (QED) is 0.532. The lowest BCUT2D eigenvalue weighted by Crippen LogP contribution is -2.30. The van der Waals surface area contributed by atoms with Gasteiger partial charge in [0.1, 0.15) is 17.3 Å². The van der Waals surface area contributed by atoms with Crippen molar-refractivity contribution in [2.75, 3.05) is 19.0 Å². The molecular formula is C19H21N5O4. The van der Waals surface area contributed by atoms with E-state index in [9.17, 15) is 9.59 Å². The number of amides is 2. The Labute approximate surface area is 161 Å². The predicted molar refractivity (Wildman–Crippen MR) is 103 cm³/mol. The maximum atomic E-state index is 12.3. The molecule has 0 aliphatic carbocycles. The summed E-state index contributed by atoms with van der Waals surface area (Å²) in [5.41, 5.74) is 7.49. The van der Waals surface area contributed by atoms with E-state index in [1.54, 1.807) is 37.6 Å². The Hall–Kier alpha value is -3.46. The van der Waals surface area contributed by atoms with Crippen LogP contribution in [0.15, 0.2) is 42.6 Å². The molecule has 1 aromatic carbocycles. The van der Waals surface area contributed by atoms with Crippen molar-refractivity contribution in [1.82, 2.24) is 14.5 Å². The van der Waals surface area contributed by atoms with Gasteiger partial charge >= 0.3 is 0 Å². The standard InChI is InChI=1S/C19H21N5O4/c1-28-13-6-4-12(5-7-13)11-15(17(20)27)24-18-14(3-2-9-21-18)22-19(24)23-16(26)8-10-25/h2-7,9,15,25H,8,10-11H2,1H3,(H2,20,27)(H,22,23,26). The Balaban J connectivity index is 2.02. The van der Waals surface area contributed by atoms with Gasteiger partial charge in [-0.05, 0) is 29.8 Å². The first-order chi connectivity index (χ1) is 13.5. The Morgan fingerprint density at radius 1 is 1.29 bits per heavy atom. The van der Waals surface area contributed by atoms with Gasteiger partial charge in [-0.2, -0.15) is 0 Å². The van der Waals surface area contributed by atoms with Crippen molar-refractivity contribution in [3.8, 4) is 5.75 Å². The number of anilines is 1. The van der Waals surface area contributed by atoms with Crippen LogP contribution in [0, 0.1) is 0 Å². The first-order valence-electron chi connectivity index (χ1n) is 8.69.